The Hall–Kier alpha value is -3.19. The van der Waals surface area contributed by atoms with Gasteiger partial charge in [-0.3, -0.25) is 4.79 Å². The molecule has 0 spiro atoms. The molecule has 1 amide bonds. The first-order valence-electron chi connectivity index (χ1n) is 12.4. The number of rotatable bonds is 12. The molecule has 1 atom stereocenters. The quantitative estimate of drug-likeness (QED) is 0.343. The molecule has 0 saturated heterocycles. The number of hydrogen-bond donors (Lipinski definition) is 1. The maximum absolute atomic E-state index is 12.7. The number of halogens is 1. The molecular weight excluding hydrogens is 486 g/mol. The Balaban J connectivity index is 1.61. The van der Waals surface area contributed by atoms with E-state index in [2.05, 4.69) is 60.5 Å². The molecule has 1 N–H and O–H groups in total. The number of hydrogen-bond acceptors (Lipinski definition) is 5. The number of nitrogens with one attached hydrogen (secondary N) is 1. The summed E-state index contributed by atoms with van der Waals surface area (Å²) < 4.78 is 4.92. The zero-order chi connectivity index (χ0) is 26.8. The molecule has 0 saturated carbocycles. The van der Waals surface area contributed by atoms with Crippen LogP contribution in [-0.2, 0) is 22.5 Å². The van der Waals surface area contributed by atoms with Crippen molar-refractivity contribution in [3.63, 3.8) is 0 Å². The number of carbonyl (C=O) groups is 2. The van der Waals surface area contributed by atoms with Crippen molar-refractivity contribution >= 4 is 23.5 Å². The molecule has 0 fully saturated rings. The van der Waals surface area contributed by atoms with E-state index in [1.54, 1.807) is 24.3 Å². The van der Waals surface area contributed by atoms with Gasteiger partial charge in [-0.1, -0.05) is 72.3 Å². The largest absolute Gasteiger partial charge is 0.467 e. The zero-order valence-corrected chi connectivity index (χ0v) is 22.8. The molecule has 0 aromatic heterocycles. The van der Waals surface area contributed by atoms with Crippen molar-refractivity contribution < 1.29 is 14.3 Å². The second-order valence-electron chi connectivity index (χ2n) is 9.52. The van der Waals surface area contributed by atoms with Gasteiger partial charge in [0.2, 0.25) is 0 Å². The average Bonchev–Trinajstić information content (AvgIpc) is 2.88. The van der Waals surface area contributed by atoms with E-state index in [4.69, 9.17) is 16.3 Å². The number of ether oxygens (including phenoxy) is 1. The lowest BCUT2D eigenvalue weighted by Crippen LogP contribution is -2.43. The fourth-order valence-electron chi connectivity index (χ4n) is 4.14. The zero-order valence-electron chi connectivity index (χ0n) is 22.0. The molecule has 0 heterocycles. The highest BCUT2D eigenvalue weighted by Crippen LogP contribution is 2.22. The van der Waals surface area contributed by atoms with E-state index in [-0.39, 0.29) is 0 Å². The Morgan fingerprint density at radius 3 is 2.03 bits per heavy atom. The van der Waals surface area contributed by atoms with Crippen molar-refractivity contribution in [2.45, 2.75) is 25.4 Å². The van der Waals surface area contributed by atoms with Gasteiger partial charge in [-0.2, -0.15) is 0 Å². The lowest BCUT2D eigenvalue weighted by Gasteiger charge is -2.18. The highest BCUT2D eigenvalue weighted by atomic mass is 35.5. The summed E-state index contributed by atoms with van der Waals surface area (Å²) >= 11 is 6.14. The number of nitrogens with zero attached hydrogens (tertiary/aromatic N) is 2. The van der Waals surface area contributed by atoms with Gasteiger partial charge in [0.15, 0.2) is 0 Å². The van der Waals surface area contributed by atoms with E-state index >= 15 is 0 Å². The number of carbonyl (C=O) groups excluding carboxylic acids is 2. The summed E-state index contributed by atoms with van der Waals surface area (Å²) in [6, 6.07) is 22.5. The fraction of sp³-hybridized carbons (Fsp3) is 0.333. The van der Waals surface area contributed by atoms with Gasteiger partial charge in [0, 0.05) is 13.0 Å². The van der Waals surface area contributed by atoms with Crippen LogP contribution in [-0.4, -0.2) is 69.1 Å². The number of amides is 1. The van der Waals surface area contributed by atoms with Gasteiger partial charge in [-0.25, -0.2) is 4.79 Å². The van der Waals surface area contributed by atoms with E-state index in [0.29, 0.717) is 17.0 Å². The third kappa shape index (κ3) is 8.71. The van der Waals surface area contributed by atoms with E-state index < -0.39 is 17.9 Å². The standard InChI is InChI=1S/C30H36ClN3O3/c1-33(2)18-7-19-34(3)21-23-12-16-25(17-13-23)24-14-10-22(11-15-24)20-28(30(36)37-4)32-29(35)26-8-5-6-9-27(26)31/h5-6,8-17,28H,7,18-21H2,1-4H3,(H,32,35)/t28-/m0/s1. The molecule has 0 radical (unpaired) electrons. The van der Waals surface area contributed by atoms with Crippen LogP contribution in [0.1, 0.15) is 27.9 Å². The summed E-state index contributed by atoms with van der Waals surface area (Å²) in [4.78, 5) is 29.6. The van der Waals surface area contributed by atoms with Crippen molar-refractivity contribution in [3.8, 4) is 11.1 Å². The molecule has 0 aliphatic carbocycles. The predicted molar refractivity (Wildman–Crippen MR) is 150 cm³/mol. The van der Waals surface area contributed by atoms with Crippen LogP contribution < -0.4 is 5.32 Å². The first-order chi connectivity index (χ1) is 17.8. The molecule has 3 aromatic carbocycles. The number of methoxy groups -OCH3 is 1. The van der Waals surface area contributed by atoms with Gasteiger partial charge in [0.25, 0.3) is 5.91 Å². The molecule has 0 bridgehead atoms. The summed E-state index contributed by atoms with van der Waals surface area (Å²) in [5, 5.41) is 3.08. The van der Waals surface area contributed by atoms with Crippen molar-refractivity contribution in [2.75, 3.05) is 41.3 Å². The molecule has 7 heteroatoms. The van der Waals surface area contributed by atoms with Gasteiger partial charge in [-0.05, 0) is 75.0 Å². The number of esters is 1. The van der Waals surface area contributed by atoms with Crippen LogP contribution in [0.25, 0.3) is 11.1 Å². The normalized spacial score (nSPS) is 12.0. The van der Waals surface area contributed by atoms with Crippen molar-refractivity contribution in [1.82, 2.24) is 15.1 Å². The Morgan fingerprint density at radius 1 is 0.865 bits per heavy atom. The van der Waals surface area contributed by atoms with Crippen LogP contribution in [0.3, 0.4) is 0 Å². The smallest absolute Gasteiger partial charge is 0.328 e. The maximum Gasteiger partial charge on any atom is 0.328 e. The Kier molecular flexibility index (Phi) is 10.7. The van der Waals surface area contributed by atoms with Crippen molar-refractivity contribution in [1.29, 1.82) is 0 Å². The van der Waals surface area contributed by atoms with Crippen LogP contribution in [0.2, 0.25) is 5.02 Å². The van der Waals surface area contributed by atoms with Crippen LogP contribution in [0.4, 0.5) is 0 Å². The fourth-order valence-corrected chi connectivity index (χ4v) is 4.36. The topological polar surface area (TPSA) is 61.9 Å². The molecule has 0 aliphatic heterocycles. The summed E-state index contributed by atoms with van der Waals surface area (Å²) in [7, 11) is 7.66. The van der Waals surface area contributed by atoms with Gasteiger partial charge in [-0.15, -0.1) is 0 Å². The first-order valence-corrected chi connectivity index (χ1v) is 12.8. The van der Waals surface area contributed by atoms with Gasteiger partial charge < -0.3 is 19.9 Å². The van der Waals surface area contributed by atoms with Crippen molar-refractivity contribution in [3.05, 3.63) is 94.5 Å². The summed E-state index contributed by atoms with van der Waals surface area (Å²) in [5.41, 5.74) is 4.72. The van der Waals surface area contributed by atoms with E-state index in [9.17, 15) is 9.59 Å². The molecule has 0 aliphatic rings. The summed E-state index contributed by atoms with van der Waals surface area (Å²) in [6.45, 7) is 3.07. The highest BCUT2D eigenvalue weighted by Gasteiger charge is 2.23. The van der Waals surface area contributed by atoms with Gasteiger partial charge in [0.1, 0.15) is 6.04 Å². The Labute approximate surface area is 225 Å². The SMILES string of the molecule is COC(=O)[C@H](Cc1ccc(-c2ccc(CN(C)CCCN(C)C)cc2)cc1)NC(=O)c1ccccc1Cl. The van der Waals surface area contributed by atoms with Gasteiger partial charge in [0.05, 0.1) is 17.7 Å². The molecule has 3 aromatic rings. The van der Waals surface area contributed by atoms with Crippen molar-refractivity contribution in [2.24, 2.45) is 0 Å². The van der Waals surface area contributed by atoms with E-state index in [1.165, 1.54) is 12.7 Å². The minimum absolute atomic E-state index is 0.308. The molecular formula is C30H36ClN3O3. The minimum Gasteiger partial charge on any atom is -0.467 e. The third-order valence-corrected chi connectivity index (χ3v) is 6.52. The summed E-state index contributed by atoms with van der Waals surface area (Å²) in [5.74, 6) is -0.923. The minimum atomic E-state index is -0.825. The Morgan fingerprint density at radius 2 is 1.46 bits per heavy atom. The second kappa shape index (κ2) is 13.9. The lowest BCUT2D eigenvalue weighted by molar-refractivity contribution is -0.142. The van der Waals surface area contributed by atoms with Crippen LogP contribution in [0.15, 0.2) is 72.8 Å². The third-order valence-electron chi connectivity index (χ3n) is 6.19. The molecule has 37 heavy (non-hydrogen) atoms. The predicted octanol–water partition coefficient (Wildman–Crippen LogP) is 4.90. The van der Waals surface area contributed by atoms with E-state index in [0.717, 1.165) is 42.7 Å². The number of benzene rings is 3. The summed E-state index contributed by atoms with van der Waals surface area (Å²) in [6.07, 6.45) is 1.46. The average molecular weight is 522 g/mol. The molecule has 6 nitrogen and oxygen atoms in total. The van der Waals surface area contributed by atoms with Crippen LogP contribution in [0, 0.1) is 0 Å². The highest BCUT2D eigenvalue weighted by molar-refractivity contribution is 6.33. The molecule has 196 valence electrons. The van der Waals surface area contributed by atoms with E-state index in [1.807, 2.05) is 24.3 Å². The molecule has 0 unspecified atom stereocenters. The first kappa shape index (κ1) is 28.4. The molecule has 3 rings (SSSR count). The van der Waals surface area contributed by atoms with Gasteiger partial charge >= 0.3 is 5.97 Å². The Bertz CT molecular complexity index is 1160. The maximum atomic E-state index is 12.7. The monoisotopic (exact) mass is 521 g/mol. The second-order valence-corrected chi connectivity index (χ2v) is 9.93. The van der Waals surface area contributed by atoms with Crippen LogP contribution >= 0.6 is 11.6 Å². The van der Waals surface area contributed by atoms with Crippen LogP contribution in [0.5, 0.6) is 0 Å². The lowest BCUT2D eigenvalue weighted by atomic mass is 9.99.